The fourth-order valence-electron chi connectivity index (χ4n) is 2.92. The van der Waals surface area contributed by atoms with Crippen molar-refractivity contribution in [2.45, 2.75) is 52.4 Å². The Hall–Kier alpha value is -1.10. The number of carboxylic acid groups (broad SMARTS) is 1. The first kappa shape index (κ1) is 15.3. The Balaban J connectivity index is 1.92. The summed E-state index contributed by atoms with van der Waals surface area (Å²) in [7, 11) is 0. The van der Waals surface area contributed by atoms with E-state index in [1.165, 1.54) is 25.7 Å². The molecule has 0 atom stereocenters. The molecule has 0 saturated carbocycles. The number of carbonyl (C=O) groups is 1. The summed E-state index contributed by atoms with van der Waals surface area (Å²) < 4.78 is 0. The second-order valence-electron chi connectivity index (χ2n) is 5.71. The Kier molecular flexibility index (Phi) is 5.02. The van der Waals surface area contributed by atoms with Gasteiger partial charge in [-0.1, -0.05) is 26.7 Å². The minimum Gasteiger partial charge on any atom is -0.481 e. The number of nitrogens with zero attached hydrogens (tertiary/aromatic N) is 2. The molecule has 0 radical (unpaired) electrons. The summed E-state index contributed by atoms with van der Waals surface area (Å²) in [6.07, 6.45) is 5.71. The van der Waals surface area contributed by atoms with E-state index in [0.29, 0.717) is 11.8 Å². The Bertz CT molecular complexity index is 444. The van der Waals surface area contributed by atoms with Crippen LogP contribution < -0.4 is 4.90 Å². The third-order valence-electron chi connectivity index (χ3n) is 4.73. The van der Waals surface area contributed by atoms with Gasteiger partial charge in [-0.25, -0.2) is 4.98 Å². The van der Waals surface area contributed by atoms with Gasteiger partial charge in [0.25, 0.3) is 0 Å². The number of aryl methyl sites for hydroxylation is 1. The van der Waals surface area contributed by atoms with Crippen molar-refractivity contribution < 1.29 is 9.90 Å². The van der Waals surface area contributed by atoms with Gasteiger partial charge in [0.05, 0.1) is 12.1 Å². The standard InChI is InChI=1S/C15H24N2O2S/c1-3-15(4-2)7-9-17(10-8-15)14-16-12(11-20-14)5-6-13(18)19/h11H,3-10H2,1-2H3,(H,18,19). The smallest absolute Gasteiger partial charge is 0.303 e. The predicted molar refractivity (Wildman–Crippen MR) is 82.5 cm³/mol. The lowest BCUT2D eigenvalue weighted by Crippen LogP contribution is -2.39. The van der Waals surface area contributed by atoms with E-state index >= 15 is 0 Å². The Morgan fingerprint density at radius 1 is 1.40 bits per heavy atom. The SMILES string of the molecule is CCC1(CC)CCN(c2nc(CCC(=O)O)cs2)CC1. The second-order valence-corrected chi connectivity index (χ2v) is 6.55. The van der Waals surface area contributed by atoms with E-state index in [1.807, 2.05) is 5.38 Å². The first-order valence-corrected chi connectivity index (χ1v) is 8.37. The highest BCUT2D eigenvalue weighted by atomic mass is 32.1. The molecule has 0 amide bonds. The van der Waals surface area contributed by atoms with Gasteiger partial charge in [-0.2, -0.15) is 0 Å². The van der Waals surface area contributed by atoms with Crippen molar-refractivity contribution in [1.82, 2.24) is 4.98 Å². The number of rotatable bonds is 6. The summed E-state index contributed by atoms with van der Waals surface area (Å²) in [6, 6.07) is 0. The number of hydrogen-bond donors (Lipinski definition) is 1. The van der Waals surface area contributed by atoms with E-state index in [0.717, 1.165) is 23.9 Å². The molecule has 1 saturated heterocycles. The minimum atomic E-state index is -0.756. The second kappa shape index (κ2) is 6.57. The first-order chi connectivity index (χ1) is 9.58. The van der Waals surface area contributed by atoms with Crippen LogP contribution in [0.15, 0.2) is 5.38 Å². The van der Waals surface area contributed by atoms with Crippen molar-refractivity contribution >= 4 is 22.4 Å². The normalized spacial score (nSPS) is 18.2. The van der Waals surface area contributed by atoms with Gasteiger partial charge < -0.3 is 10.0 Å². The molecule has 4 nitrogen and oxygen atoms in total. The molecule has 1 aliphatic rings. The summed E-state index contributed by atoms with van der Waals surface area (Å²) >= 11 is 1.64. The number of aliphatic carboxylic acids is 1. The molecule has 2 rings (SSSR count). The molecule has 0 unspecified atom stereocenters. The molecule has 112 valence electrons. The number of anilines is 1. The molecule has 0 spiro atoms. The van der Waals surface area contributed by atoms with Crippen LogP contribution in [-0.2, 0) is 11.2 Å². The van der Waals surface area contributed by atoms with Crippen LogP contribution in [0.3, 0.4) is 0 Å². The van der Waals surface area contributed by atoms with Crippen molar-refractivity contribution in [2.24, 2.45) is 5.41 Å². The van der Waals surface area contributed by atoms with E-state index in [1.54, 1.807) is 11.3 Å². The van der Waals surface area contributed by atoms with Crippen LogP contribution in [0.5, 0.6) is 0 Å². The summed E-state index contributed by atoms with van der Waals surface area (Å²) in [4.78, 5) is 17.5. The van der Waals surface area contributed by atoms with Crippen molar-refractivity contribution in [3.63, 3.8) is 0 Å². The highest BCUT2D eigenvalue weighted by Gasteiger charge is 2.31. The van der Waals surface area contributed by atoms with Crippen LogP contribution >= 0.6 is 11.3 Å². The minimum absolute atomic E-state index is 0.165. The van der Waals surface area contributed by atoms with Gasteiger partial charge >= 0.3 is 5.97 Å². The molecule has 1 fully saturated rings. The summed E-state index contributed by atoms with van der Waals surface area (Å²) in [5.74, 6) is -0.756. The van der Waals surface area contributed by atoms with Crippen molar-refractivity contribution in [3.05, 3.63) is 11.1 Å². The zero-order valence-corrected chi connectivity index (χ0v) is 13.2. The fourth-order valence-corrected chi connectivity index (χ4v) is 3.83. The fraction of sp³-hybridized carbons (Fsp3) is 0.733. The number of carboxylic acids is 1. The van der Waals surface area contributed by atoms with Crippen molar-refractivity contribution in [3.8, 4) is 0 Å². The van der Waals surface area contributed by atoms with Gasteiger partial charge in [-0.3, -0.25) is 4.79 Å². The van der Waals surface area contributed by atoms with E-state index in [2.05, 4.69) is 23.7 Å². The monoisotopic (exact) mass is 296 g/mol. The average molecular weight is 296 g/mol. The Morgan fingerprint density at radius 3 is 2.60 bits per heavy atom. The molecule has 0 bridgehead atoms. The number of piperidine rings is 1. The lowest BCUT2D eigenvalue weighted by Gasteiger charge is -2.40. The third-order valence-corrected chi connectivity index (χ3v) is 5.68. The van der Waals surface area contributed by atoms with Crippen molar-refractivity contribution in [1.29, 1.82) is 0 Å². The molecule has 1 N–H and O–H groups in total. The molecule has 1 aromatic rings. The lowest BCUT2D eigenvalue weighted by atomic mass is 9.74. The molecule has 0 aromatic carbocycles. The molecular weight excluding hydrogens is 272 g/mol. The first-order valence-electron chi connectivity index (χ1n) is 7.50. The van der Waals surface area contributed by atoms with Gasteiger partial charge in [0.2, 0.25) is 0 Å². The van der Waals surface area contributed by atoms with E-state index in [-0.39, 0.29) is 6.42 Å². The Labute approximate surface area is 124 Å². The maximum atomic E-state index is 10.6. The van der Waals surface area contributed by atoms with Gasteiger partial charge in [-0.05, 0) is 18.3 Å². The number of thiazole rings is 1. The van der Waals surface area contributed by atoms with E-state index in [4.69, 9.17) is 5.11 Å². The van der Waals surface area contributed by atoms with Crippen LogP contribution in [0, 0.1) is 5.41 Å². The maximum absolute atomic E-state index is 10.6. The van der Waals surface area contributed by atoms with Gasteiger partial charge in [0, 0.05) is 24.9 Å². The highest BCUT2D eigenvalue weighted by Crippen LogP contribution is 2.39. The number of hydrogen-bond acceptors (Lipinski definition) is 4. The van der Waals surface area contributed by atoms with Crippen LogP contribution in [0.2, 0.25) is 0 Å². The zero-order chi connectivity index (χ0) is 14.6. The van der Waals surface area contributed by atoms with Gasteiger partial charge in [0.15, 0.2) is 5.13 Å². The summed E-state index contributed by atoms with van der Waals surface area (Å²) in [5, 5.41) is 11.8. The van der Waals surface area contributed by atoms with Crippen LogP contribution in [0.1, 0.15) is 51.6 Å². The summed E-state index contributed by atoms with van der Waals surface area (Å²) in [5.41, 5.74) is 1.44. The molecule has 1 aliphatic heterocycles. The number of aromatic nitrogens is 1. The lowest BCUT2D eigenvalue weighted by molar-refractivity contribution is -0.136. The van der Waals surface area contributed by atoms with Gasteiger partial charge in [0.1, 0.15) is 0 Å². The molecule has 2 heterocycles. The molecule has 0 aliphatic carbocycles. The highest BCUT2D eigenvalue weighted by molar-refractivity contribution is 7.13. The van der Waals surface area contributed by atoms with Crippen LogP contribution in [0.25, 0.3) is 0 Å². The van der Waals surface area contributed by atoms with Crippen molar-refractivity contribution in [2.75, 3.05) is 18.0 Å². The maximum Gasteiger partial charge on any atom is 0.303 e. The molecule has 1 aromatic heterocycles. The third kappa shape index (κ3) is 3.51. The quantitative estimate of drug-likeness (QED) is 0.872. The predicted octanol–water partition coefficient (Wildman–Crippen LogP) is 3.57. The molecule has 5 heteroatoms. The zero-order valence-electron chi connectivity index (χ0n) is 12.4. The summed E-state index contributed by atoms with van der Waals surface area (Å²) in [6.45, 7) is 6.75. The van der Waals surface area contributed by atoms with E-state index in [9.17, 15) is 4.79 Å². The van der Waals surface area contributed by atoms with Gasteiger partial charge in [-0.15, -0.1) is 11.3 Å². The average Bonchev–Trinajstić information content (AvgIpc) is 2.94. The topological polar surface area (TPSA) is 53.4 Å². The van der Waals surface area contributed by atoms with Crippen LogP contribution in [0.4, 0.5) is 5.13 Å². The van der Waals surface area contributed by atoms with E-state index < -0.39 is 5.97 Å². The Morgan fingerprint density at radius 2 is 2.05 bits per heavy atom. The molecule has 20 heavy (non-hydrogen) atoms. The largest absolute Gasteiger partial charge is 0.481 e. The molecular formula is C15H24N2O2S. The van der Waals surface area contributed by atoms with Crippen LogP contribution in [-0.4, -0.2) is 29.1 Å².